The van der Waals surface area contributed by atoms with Crippen molar-refractivity contribution in [2.75, 3.05) is 7.11 Å². The van der Waals surface area contributed by atoms with Gasteiger partial charge in [-0.25, -0.2) is 9.48 Å². The Morgan fingerprint density at radius 3 is 2.65 bits per heavy atom. The van der Waals surface area contributed by atoms with E-state index in [9.17, 15) is 4.79 Å². The zero-order valence-corrected chi connectivity index (χ0v) is 12.3. The second-order valence-corrected chi connectivity index (χ2v) is 5.05. The van der Waals surface area contributed by atoms with Crippen molar-refractivity contribution in [1.29, 1.82) is 0 Å². The number of aromatic nitrogens is 3. The van der Waals surface area contributed by atoms with Crippen molar-refractivity contribution in [2.24, 2.45) is 0 Å². The predicted molar refractivity (Wildman–Crippen MR) is 75.7 cm³/mol. The molecule has 0 spiro atoms. The summed E-state index contributed by atoms with van der Waals surface area (Å²) in [4.78, 5) is 11.7. The molecular formula is C15H19N3O2. The Morgan fingerprint density at radius 2 is 2.05 bits per heavy atom. The van der Waals surface area contributed by atoms with E-state index in [1.165, 1.54) is 12.7 Å². The topological polar surface area (TPSA) is 57.0 Å². The van der Waals surface area contributed by atoms with Crippen LogP contribution in [0.4, 0.5) is 0 Å². The van der Waals surface area contributed by atoms with Gasteiger partial charge in [0.25, 0.3) is 0 Å². The van der Waals surface area contributed by atoms with Crippen LogP contribution in [-0.4, -0.2) is 28.1 Å². The lowest BCUT2D eigenvalue weighted by Gasteiger charge is -2.11. The van der Waals surface area contributed by atoms with Gasteiger partial charge in [0, 0.05) is 0 Å². The number of ether oxygens (including phenoxy) is 1. The maximum absolute atomic E-state index is 11.7. The first-order valence-electron chi connectivity index (χ1n) is 6.60. The molecule has 0 N–H and O–H groups in total. The smallest absolute Gasteiger partial charge is 0.360 e. The van der Waals surface area contributed by atoms with E-state index in [1.807, 2.05) is 26.0 Å². The number of rotatable bonds is 4. The summed E-state index contributed by atoms with van der Waals surface area (Å²) in [7, 11) is 1.35. The number of aryl methyl sites for hydroxylation is 1. The lowest BCUT2D eigenvalue weighted by molar-refractivity contribution is 0.0592. The molecule has 0 fully saturated rings. The highest BCUT2D eigenvalue weighted by atomic mass is 16.5. The third-order valence-electron chi connectivity index (χ3n) is 3.28. The zero-order chi connectivity index (χ0) is 14.7. The van der Waals surface area contributed by atoms with Gasteiger partial charge in [0.2, 0.25) is 0 Å². The Kier molecular flexibility index (Phi) is 4.17. The number of esters is 1. The molecule has 0 aliphatic heterocycles. The van der Waals surface area contributed by atoms with Gasteiger partial charge in [0.1, 0.15) is 0 Å². The second kappa shape index (κ2) is 5.86. The normalized spacial score (nSPS) is 10.8. The first-order valence-corrected chi connectivity index (χ1v) is 6.60. The van der Waals surface area contributed by atoms with Crippen molar-refractivity contribution >= 4 is 5.97 Å². The van der Waals surface area contributed by atoms with Crippen molar-refractivity contribution in [2.45, 2.75) is 33.2 Å². The predicted octanol–water partition coefficient (Wildman–Crippen LogP) is 2.54. The van der Waals surface area contributed by atoms with Crippen LogP contribution in [0.3, 0.4) is 0 Å². The molecule has 20 heavy (non-hydrogen) atoms. The Labute approximate surface area is 118 Å². The van der Waals surface area contributed by atoms with Gasteiger partial charge in [0.05, 0.1) is 19.3 Å². The Morgan fingerprint density at radius 1 is 1.35 bits per heavy atom. The second-order valence-electron chi connectivity index (χ2n) is 5.05. The van der Waals surface area contributed by atoms with E-state index >= 15 is 0 Å². The first-order chi connectivity index (χ1) is 9.54. The third-order valence-corrected chi connectivity index (χ3v) is 3.28. The number of benzene rings is 1. The number of hydrogen-bond acceptors (Lipinski definition) is 4. The summed E-state index contributed by atoms with van der Waals surface area (Å²) in [6, 6.07) is 8.11. The molecule has 2 aromatic rings. The van der Waals surface area contributed by atoms with Gasteiger partial charge in [-0.15, -0.1) is 5.10 Å². The first kappa shape index (κ1) is 14.2. The molecule has 1 aromatic heterocycles. The molecule has 0 unspecified atom stereocenters. The van der Waals surface area contributed by atoms with Crippen LogP contribution >= 0.6 is 0 Å². The summed E-state index contributed by atoms with van der Waals surface area (Å²) in [5.41, 5.74) is 3.46. The highest BCUT2D eigenvalue weighted by molar-refractivity contribution is 5.88. The number of nitrogens with zero attached hydrogens (tertiary/aromatic N) is 3. The van der Waals surface area contributed by atoms with Crippen LogP contribution in [0.5, 0.6) is 0 Å². The monoisotopic (exact) mass is 273 g/mol. The lowest BCUT2D eigenvalue weighted by atomic mass is 10.1. The van der Waals surface area contributed by atoms with Crippen LogP contribution < -0.4 is 0 Å². The Bertz CT molecular complexity index is 617. The van der Waals surface area contributed by atoms with Gasteiger partial charge in [-0.2, -0.15) is 0 Å². The fourth-order valence-corrected chi connectivity index (χ4v) is 2.20. The molecule has 0 amide bonds. The van der Waals surface area contributed by atoms with Crippen LogP contribution in [-0.2, 0) is 11.3 Å². The zero-order valence-electron chi connectivity index (χ0n) is 12.3. The highest BCUT2D eigenvalue weighted by Crippen LogP contribution is 2.20. The minimum Gasteiger partial charge on any atom is -0.464 e. The van der Waals surface area contributed by atoms with Gasteiger partial charge in [-0.05, 0) is 24.0 Å². The summed E-state index contributed by atoms with van der Waals surface area (Å²) in [6.07, 6.45) is 0. The minimum atomic E-state index is -0.440. The molecule has 0 aliphatic carbocycles. The van der Waals surface area contributed by atoms with E-state index in [-0.39, 0.29) is 5.92 Å². The van der Waals surface area contributed by atoms with E-state index < -0.39 is 5.97 Å². The molecule has 0 aliphatic rings. The van der Waals surface area contributed by atoms with E-state index in [0.29, 0.717) is 12.2 Å². The molecule has 106 valence electrons. The summed E-state index contributed by atoms with van der Waals surface area (Å²) < 4.78 is 6.54. The van der Waals surface area contributed by atoms with Crippen LogP contribution in [0.25, 0.3) is 0 Å². The molecule has 0 bridgehead atoms. The van der Waals surface area contributed by atoms with Crippen molar-refractivity contribution in [3.05, 3.63) is 46.8 Å². The average molecular weight is 273 g/mol. The van der Waals surface area contributed by atoms with E-state index in [1.54, 1.807) is 4.68 Å². The maximum atomic E-state index is 11.7. The van der Waals surface area contributed by atoms with Gasteiger partial charge in [-0.1, -0.05) is 43.3 Å². The number of carbonyl (C=O) groups excluding carboxylic acids is 1. The minimum absolute atomic E-state index is 0.142. The fraction of sp³-hybridized carbons (Fsp3) is 0.400. The standard InChI is InChI=1S/C15H19N3O2/c1-10(2)14-13(15(19)20-4)16-17-18(14)9-12-8-6-5-7-11(12)3/h5-8,10H,9H2,1-4H3. The van der Waals surface area contributed by atoms with Crippen LogP contribution in [0, 0.1) is 6.92 Å². The fourth-order valence-electron chi connectivity index (χ4n) is 2.20. The van der Waals surface area contributed by atoms with Crippen LogP contribution in [0.1, 0.15) is 47.1 Å². The summed E-state index contributed by atoms with van der Waals surface area (Å²) in [6.45, 7) is 6.69. The largest absolute Gasteiger partial charge is 0.464 e. The van der Waals surface area contributed by atoms with Crippen molar-refractivity contribution in [1.82, 2.24) is 15.0 Å². The number of carbonyl (C=O) groups is 1. The molecule has 0 saturated heterocycles. The molecule has 5 nitrogen and oxygen atoms in total. The van der Waals surface area contributed by atoms with E-state index in [0.717, 1.165) is 11.3 Å². The molecule has 1 heterocycles. The molecule has 5 heteroatoms. The van der Waals surface area contributed by atoms with E-state index in [2.05, 4.69) is 29.4 Å². The molecule has 1 aromatic carbocycles. The molecule has 2 rings (SSSR count). The van der Waals surface area contributed by atoms with Gasteiger partial charge in [-0.3, -0.25) is 0 Å². The molecular weight excluding hydrogens is 254 g/mol. The summed E-state index contributed by atoms with van der Waals surface area (Å²) in [5.74, 6) is -0.298. The summed E-state index contributed by atoms with van der Waals surface area (Å²) >= 11 is 0. The maximum Gasteiger partial charge on any atom is 0.360 e. The van der Waals surface area contributed by atoms with Crippen molar-refractivity contribution in [3.63, 3.8) is 0 Å². The van der Waals surface area contributed by atoms with Gasteiger partial charge >= 0.3 is 5.97 Å². The number of hydrogen-bond donors (Lipinski definition) is 0. The Hall–Kier alpha value is -2.17. The van der Waals surface area contributed by atoms with Crippen LogP contribution in [0.15, 0.2) is 24.3 Å². The molecule has 0 saturated carbocycles. The number of methoxy groups -OCH3 is 1. The molecule has 0 atom stereocenters. The van der Waals surface area contributed by atoms with Crippen molar-refractivity contribution in [3.8, 4) is 0 Å². The SMILES string of the molecule is COC(=O)c1nnn(Cc2ccccc2C)c1C(C)C. The van der Waals surface area contributed by atoms with Crippen LogP contribution in [0.2, 0.25) is 0 Å². The van der Waals surface area contributed by atoms with Gasteiger partial charge < -0.3 is 4.74 Å². The third kappa shape index (κ3) is 2.71. The Balaban J connectivity index is 2.40. The van der Waals surface area contributed by atoms with Crippen molar-refractivity contribution < 1.29 is 9.53 Å². The van der Waals surface area contributed by atoms with Gasteiger partial charge in [0.15, 0.2) is 5.69 Å². The average Bonchev–Trinajstić information content (AvgIpc) is 2.84. The highest BCUT2D eigenvalue weighted by Gasteiger charge is 2.22. The quantitative estimate of drug-likeness (QED) is 0.803. The summed E-state index contributed by atoms with van der Waals surface area (Å²) in [5, 5.41) is 8.08. The van der Waals surface area contributed by atoms with E-state index in [4.69, 9.17) is 4.74 Å². The lowest BCUT2D eigenvalue weighted by Crippen LogP contribution is -2.12. The molecule has 0 radical (unpaired) electrons.